The first-order valence-electron chi connectivity index (χ1n) is 6.18. The summed E-state index contributed by atoms with van der Waals surface area (Å²) in [6, 6.07) is 8.43. The van der Waals surface area contributed by atoms with E-state index in [9.17, 15) is 9.59 Å². The number of urea groups is 1. The molecule has 0 aliphatic rings. The second-order valence-corrected chi connectivity index (χ2v) is 4.58. The Morgan fingerprint density at radius 1 is 1.45 bits per heavy atom. The molecule has 0 fully saturated rings. The largest absolute Gasteiger partial charge is 0.481 e. The molecule has 0 spiro atoms. The van der Waals surface area contributed by atoms with Crippen LogP contribution in [0.1, 0.15) is 18.9 Å². The minimum Gasteiger partial charge on any atom is -0.481 e. The minimum absolute atomic E-state index is 0.00121. The van der Waals surface area contributed by atoms with Gasteiger partial charge in [-0.05, 0) is 18.1 Å². The van der Waals surface area contributed by atoms with Gasteiger partial charge < -0.3 is 10.4 Å². The van der Waals surface area contributed by atoms with Crippen molar-refractivity contribution in [2.75, 3.05) is 18.5 Å². The van der Waals surface area contributed by atoms with Crippen LogP contribution in [0.4, 0.5) is 10.5 Å². The maximum absolute atomic E-state index is 12.0. The van der Waals surface area contributed by atoms with Crippen LogP contribution in [-0.4, -0.2) is 30.7 Å². The fourth-order valence-corrected chi connectivity index (χ4v) is 1.72. The van der Waals surface area contributed by atoms with Crippen LogP contribution < -0.4 is 10.2 Å². The summed E-state index contributed by atoms with van der Waals surface area (Å²) >= 11 is 0. The summed E-state index contributed by atoms with van der Waals surface area (Å²) in [4.78, 5) is 23.8. The van der Waals surface area contributed by atoms with E-state index in [1.54, 1.807) is 38.2 Å². The number of carboxylic acid groups (broad SMARTS) is 1. The molecular weight excluding hydrogens is 258 g/mol. The number of carbonyl (C=O) groups excluding carboxylic acids is 1. The molecule has 0 aliphatic heterocycles. The van der Waals surface area contributed by atoms with Crippen LogP contribution in [0, 0.1) is 17.2 Å². The minimum atomic E-state index is -0.894. The molecule has 1 aromatic carbocycles. The average molecular weight is 275 g/mol. The van der Waals surface area contributed by atoms with Crippen molar-refractivity contribution in [2.45, 2.75) is 13.3 Å². The van der Waals surface area contributed by atoms with E-state index in [0.29, 0.717) is 11.3 Å². The Kier molecular flexibility index (Phi) is 5.54. The van der Waals surface area contributed by atoms with Gasteiger partial charge in [-0.1, -0.05) is 19.1 Å². The first-order chi connectivity index (χ1) is 9.45. The molecule has 0 bridgehead atoms. The molecule has 1 atom stereocenters. The number of nitriles is 1. The Morgan fingerprint density at radius 2 is 2.10 bits per heavy atom. The first-order valence-corrected chi connectivity index (χ1v) is 6.18. The normalized spacial score (nSPS) is 11.2. The van der Waals surface area contributed by atoms with Crippen LogP contribution in [0.3, 0.4) is 0 Å². The SMILES string of the molecule is CC(CNC(=O)N(C)c1ccccc1C#N)CC(=O)O. The number of hydrogen-bond acceptors (Lipinski definition) is 3. The lowest BCUT2D eigenvalue weighted by Gasteiger charge is -2.20. The second kappa shape index (κ2) is 7.14. The molecule has 0 heterocycles. The fourth-order valence-electron chi connectivity index (χ4n) is 1.72. The number of para-hydroxylation sites is 1. The molecule has 1 rings (SSSR count). The van der Waals surface area contributed by atoms with Crippen LogP contribution in [0.2, 0.25) is 0 Å². The molecular formula is C14H17N3O3. The van der Waals surface area contributed by atoms with Gasteiger partial charge in [0.05, 0.1) is 11.3 Å². The van der Waals surface area contributed by atoms with Gasteiger partial charge in [0, 0.05) is 20.0 Å². The average Bonchev–Trinajstić information content (AvgIpc) is 2.43. The highest BCUT2D eigenvalue weighted by molar-refractivity contribution is 5.92. The van der Waals surface area contributed by atoms with E-state index >= 15 is 0 Å². The van der Waals surface area contributed by atoms with Crippen molar-refractivity contribution >= 4 is 17.7 Å². The lowest BCUT2D eigenvalue weighted by Crippen LogP contribution is -2.39. The van der Waals surface area contributed by atoms with Crippen molar-refractivity contribution in [3.8, 4) is 6.07 Å². The molecule has 1 aromatic rings. The number of hydrogen-bond donors (Lipinski definition) is 2. The predicted molar refractivity (Wildman–Crippen MR) is 74.4 cm³/mol. The van der Waals surface area contributed by atoms with Gasteiger partial charge in [0.2, 0.25) is 0 Å². The lowest BCUT2D eigenvalue weighted by molar-refractivity contribution is -0.137. The standard InChI is InChI=1S/C14H17N3O3/c1-10(7-13(18)19)9-16-14(20)17(2)12-6-4-3-5-11(12)8-15/h3-6,10H,7,9H2,1-2H3,(H,16,20)(H,18,19). The molecule has 2 N–H and O–H groups in total. The third-order valence-corrected chi connectivity index (χ3v) is 2.82. The van der Waals surface area contributed by atoms with E-state index in [2.05, 4.69) is 5.32 Å². The molecule has 0 aromatic heterocycles. The Morgan fingerprint density at radius 3 is 2.70 bits per heavy atom. The van der Waals surface area contributed by atoms with Gasteiger partial charge in [0.1, 0.15) is 6.07 Å². The number of anilines is 1. The highest BCUT2D eigenvalue weighted by atomic mass is 16.4. The Bertz CT molecular complexity index is 537. The van der Waals surface area contributed by atoms with E-state index in [-0.39, 0.29) is 24.9 Å². The van der Waals surface area contributed by atoms with Gasteiger partial charge in [-0.3, -0.25) is 9.69 Å². The van der Waals surface area contributed by atoms with Crippen molar-refractivity contribution in [2.24, 2.45) is 5.92 Å². The van der Waals surface area contributed by atoms with Gasteiger partial charge in [0.15, 0.2) is 0 Å². The Balaban J connectivity index is 2.64. The molecule has 0 saturated carbocycles. The van der Waals surface area contributed by atoms with Crippen molar-refractivity contribution in [3.05, 3.63) is 29.8 Å². The van der Waals surface area contributed by atoms with Crippen LogP contribution >= 0.6 is 0 Å². The zero-order valence-corrected chi connectivity index (χ0v) is 11.5. The third-order valence-electron chi connectivity index (χ3n) is 2.82. The molecule has 1 unspecified atom stereocenters. The topological polar surface area (TPSA) is 93.4 Å². The number of aliphatic carboxylic acids is 1. The predicted octanol–water partition coefficient (Wildman–Crippen LogP) is 1.81. The monoisotopic (exact) mass is 275 g/mol. The Hall–Kier alpha value is -2.55. The van der Waals surface area contributed by atoms with Crippen LogP contribution in [0.15, 0.2) is 24.3 Å². The molecule has 20 heavy (non-hydrogen) atoms. The van der Waals surface area contributed by atoms with E-state index in [0.717, 1.165) is 0 Å². The maximum atomic E-state index is 12.0. The van der Waals surface area contributed by atoms with Crippen molar-refractivity contribution in [3.63, 3.8) is 0 Å². The van der Waals surface area contributed by atoms with Gasteiger partial charge in [-0.15, -0.1) is 0 Å². The third kappa shape index (κ3) is 4.28. The molecule has 0 aliphatic carbocycles. The number of rotatable bonds is 5. The van der Waals surface area contributed by atoms with Gasteiger partial charge >= 0.3 is 12.0 Å². The van der Waals surface area contributed by atoms with E-state index in [1.165, 1.54) is 4.90 Å². The number of nitrogens with one attached hydrogen (secondary N) is 1. The highest BCUT2D eigenvalue weighted by Crippen LogP contribution is 2.18. The molecule has 106 valence electrons. The summed E-state index contributed by atoms with van der Waals surface area (Å²) in [5.41, 5.74) is 0.919. The zero-order valence-electron chi connectivity index (χ0n) is 11.5. The first kappa shape index (κ1) is 15.5. The number of carbonyl (C=O) groups is 2. The second-order valence-electron chi connectivity index (χ2n) is 4.58. The maximum Gasteiger partial charge on any atom is 0.321 e. The molecule has 0 radical (unpaired) electrons. The summed E-state index contributed by atoms with van der Waals surface area (Å²) in [5, 5.41) is 20.3. The Labute approximate surface area is 117 Å². The van der Waals surface area contributed by atoms with Crippen molar-refractivity contribution in [1.82, 2.24) is 5.32 Å². The smallest absolute Gasteiger partial charge is 0.321 e. The molecule has 0 saturated heterocycles. The van der Waals surface area contributed by atoms with E-state index in [1.807, 2.05) is 6.07 Å². The summed E-state index contributed by atoms with van der Waals surface area (Å²) in [6.07, 6.45) is -0.00121. The summed E-state index contributed by atoms with van der Waals surface area (Å²) < 4.78 is 0. The molecule has 6 heteroatoms. The van der Waals surface area contributed by atoms with Crippen molar-refractivity contribution < 1.29 is 14.7 Å². The quantitative estimate of drug-likeness (QED) is 0.857. The summed E-state index contributed by atoms with van der Waals surface area (Å²) in [5.74, 6) is -1.05. The van der Waals surface area contributed by atoms with Crippen LogP contribution in [0.5, 0.6) is 0 Å². The van der Waals surface area contributed by atoms with Gasteiger partial charge in [0.25, 0.3) is 0 Å². The number of nitrogens with zero attached hydrogens (tertiary/aromatic N) is 2. The number of amides is 2. The number of carboxylic acids is 1. The summed E-state index contributed by atoms with van der Waals surface area (Å²) in [7, 11) is 1.56. The van der Waals surface area contributed by atoms with Crippen molar-refractivity contribution in [1.29, 1.82) is 5.26 Å². The molecule has 2 amide bonds. The zero-order chi connectivity index (χ0) is 15.1. The fraction of sp³-hybridized carbons (Fsp3) is 0.357. The lowest BCUT2D eigenvalue weighted by atomic mass is 10.1. The van der Waals surface area contributed by atoms with Crippen LogP contribution in [-0.2, 0) is 4.79 Å². The van der Waals surface area contributed by atoms with Crippen LogP contribution in [0.25, 0.3) is 0 Å². The number of benzene rings is 1. The highest BCUT2D eigenvalue weighted by Gasteiger charge is 2.15. The summed E-state index contributed by atoms with van der Waals surface area (Å²) in [6.45, 7) is 2.02. The van der Waals surface area contributed by atoms with E-state index < -0.39 is 5.97 Å². The van der Waals surface area contributed by atoms with E-state index in [4.69, 9.17) is 10.4 Å². The van der Waals surface area contributed by atoms with Gasteiger partial charge in [-0.2, -0.15) is 5.26 Å². The van der Waals surface area contributed by atoms with Gasteiger partial charge in [-0.25, -0.2) is 4.79 Å². The molecule has 6 nitrogen and oxygen atoms in total.